The lowest BCUT2D eigenvalue weighted by atomic mass is 10.0. The third-order valence-corrected chi connectivity index (χ3v) is 6.62. The van der Waals surface area contributed by atoms with Crippen LogP contribution in [0.5, 0.6) is 0 Å². The number of nitrogen functional groups attached to an aromatic ring is 1. The molecule has 0 radical (unpaired) electrons. The van der Waals surface area contributed by atoms with Crippen molar-refractivity contribution < 1.29 is 13.6 Å². The lowest BCUT2D eigenvalue weighted by Gasteiger charge is -2.09. The van der Waals surface area contributed by atoms with Gasteiger partial charge < -0.3 is 25.9 Å². The van der Waals surface area contributed by atoms with E-state index in [1.165, 1.54) is 44.6 Å². The maximum absolute atomic E-state index is 13.8. The number of rotatable bonds is 1. The SMILES string of the molecule is C1CCCCC1.Cn1ccc2c(N)nc(-c3c[nH]c4c(F)cc(F)cc34)nc21.NC(=O)N1CCCC1. The van der Waals surface area contributed by atoms with Crippen molar-refractivity contribution in [3.05, 3.63) is 42.2 Å². The molecule has 1 saturated carbocycles. The highest BCUT2D eigenvalue weighted by Crippen LogP contribution is 2.31. The van der Waals surface area contributed by atoms with Crippen LogP contribution in [0, 0.1) is 11.6 Å². The maximum Gasteiger partial charge on any atom is 0.314 e. The molecule has 1 aromatic carbocycles. The van der Waals surface area contributed by atoms with E-state index < -0.39 is 11.6 Å². The molecule has 5 N–H and O–H groups in total. The summed E-state index contributed by atoms with van der Waals surface area (Å²) in [6, 6.07) is 3.63. The van der Waals surface area contributed by atoms with Gasteiger partial charge in [-0.05, 0) is 25.0 Å². The number of amides is 2. The first-order valence-electron chi connectivity index (χ1n) is 12.4. The average molecular weight is 498 g/mol. The number of primary amides is 1. The summed E-state index contributed by atoms with van der Waals surface area (Å²) in [5.74, 6) is -0.664. The monoisotopic (exact) mass is 497 g/mol. The van der Waals surface area contributed by atoms with E-state index in [4.69, 9.17) is 11.5 Å². The van der Waals surface area contributed by atoms with Crippen molar-refractivity contribution in [3.63, 3.8) is 0 Å². The van der Waals surface area contributed by atoms with E-state index in [0.717, 1.165) is 37.4 Å². The minimum Gasteiger partial charge on any atom is -0.383 e. The van der Waals surface area contributed by atoms with Crippen LogP contribution < -0.4 is 11.5 Å². The van der Waals surface area contributed by atoms with Crippen molar-refractivity contribution in [1.29, 1.82) is 0 Å². The molecule has 4 aromatic rings. The fourth-order valence-corrected chi connectivity index (χ4v) is 4.62. The average Bonchev–Trinajstić information content (AvgIpc) is 3.62. The van der Waals surface area contributed by atoms with Crippen LogP contribution in [0.25, 0.3) is 33.3 Å². The first-order chi connectivity index (χ1) is 17.3. The molecule has 0 spiro atoms. The first kappa shape index (κ1) is 25.4. The fraction of sp³-hybridized carbons (Fsp3) is 0.423. The molecule has 2 fully saturated rings. The minimum absolute atomic E-state index is 0.213. The number of halogens is 2. The molecular formula is C26H33F2N7O. The van der Waals surface area contributed by atoms with Gasteiger partial charge in [-0.15, -0.1) is 0 Å². The lowest BCUT2D eigenvalue weighted by molar-refractivity contribution is 0.218. The summed E-state index contributed by atoms with van der Waals surface area (Å²) >= 11 is 0. The highest BCUT2D eigenvalue weighted by molar-refractivity contribution is 5.96. The van der Waals surface area contributed by atoms with Gasteiger partial charge in [-0.2, -0.15) is 0 Å². The number of aromatic amines is 1. The van der Waals surface area contributed by atoms with E-state index in [-0.39, 0.29) is 11.5 Å². The Balaban J connectivity index is 0.000000177. The molecule has 192 valence electrons. The third kappa shape index (κ3) is 5.75. The van der Waals surface area contributed by atoms with Crippen LogP contribution in [0.4, 0.5) is 19.4 Å². The number of nitrogens with two attached hydrogens (primary N) is 2. The van der Waals surface area contributed by atoms with Gasteiger partial charge in [-0.25, -0.2) is 23.5 Å². The zero-order valence-electron chi connectivity index (χ0n) is 20.6. The van der Waals surface area contributed by atoms with Gasteiger partial charge in [0.15, 0.2) is 5.82 Å². The molecule has 0 atom stereocenters. The van der Waals surface area contributed by atoms with Crippen LogP contribution in [-0.2, 0) is 7.05 Å². The number of hydrogen-bond donors (Lipinski definition) is 3. The van der Waals surface area contributed by atoms with Gasteiger partial charge in [0, 0.05) is 49.5 Å². The Morgan fingerprint density at radius 3 is 2.19 bits per heavy atom. The number of H-pyrrole nitrogens is 1. The summed E-state index contributed by atoms with van der Waals surface area (Å²) in [4.78, 5) is 23.5. The molecule has 8 nitrogen and oxygen atoms in total. The van der Waals surface area contributed by atoms with Gasteiger partial charge >= 0.3 is 6.03 Å². The Kier molecular flexibility index (Phi) is 8.02. The summed E-state index contributed by atoms with van der Waals surface area (Å²) in [6.45, 7) is 1.71. The highest BCUT2D eigenvalue weighted by Gasteiger charge is 2.16. The standard InChI is InChI=1S/C15H11F2N5.C6H12.C5H10N2O/c1-22-3-2-8-13(18)20-14(21-15(8)22)10-6-19-12-9(10)4-7(16)5-11(12)17;1-2-4-6-5-3-1;6-5(8)7-3-1-2-4-7/h2-6,19H,1H3,(H2,18,20,21);1-6H2;1-4H2,(H2,6,8). The van der Waals surface area contributed by atoms with Gasteiger partial charge in [-0.3, -0.25) is 0 Å². The Labute approximate surface area is 208 Å². The fourth-order valence-electron chi connectivity index (χ4n) is 4.62. The van der Waals surface area contributed by atoms with Crippen LogP contribution in [0.2, 0.25) is 0 Å². The number of aromatic nitrogens is 4. The number of likely N-dealkylation sites (tertiary alicyclic amines) is 1. The summed E-state index contributed by atoms with van der Waals surface area (Å²) in [5, 5.41) is 1.12. The highest BCUT2D eigenvalue weighted by atomic mass is 19.1. The van der Waals surface area contributed by atoms with Gasteiger partial charge in [0.1, 0.15) is 23.1 Å². The molecule has 2 aliphatic rings. The van der Waals surface area contributed by atoms with Crippen molar-refractivity contribution in [3.8, 4) is 11.4 Å². The van der Waals surface area contributed by atoms with E-state index in [1.54, 1.807) is 11.1 Å². The van der Waals surface area contributed by atoms with Crippen LogP contribution >= 0.6 is 0 Å². The zero-order valence-corrected chi connectivity index (χ0v) is 20.6. The molecule has 3 aromatic heterocycles. The van der Waals surface area contributed by atoms with Crippen molar-refractivity contribution in [2.45, 2.75) is 51.4 Å². The van der Waals surface area contributed by atoms with Crippen LogP contribution in [-0.4, -0.2) is 43.5 Å². The molecule has 1 aliphatic heterocycles. The van der Waals surface area contributed by atoms with Crippen LogP contribution in [0.15, 0.2) is 30.6 Å². The van der Waals surface area contributed by atoms with Gasteiger partial charge in [0.05, 0.1) is 10.9 Å². The van der Waals surface area contributed by atoms with Crippen molar-refractivity contribution in [2.75, 3.05) is 18.8 Å². The molecule has 0 unspecified atom stereocenters. The molecule has 1 aliphatic carbocycles. The third-order valence-electron chi connectivity index (χ3n) is 6.62. The number of anilines is 1. The summed E-state index contributed by atoms with van der Waals surface area (Å²) < 4.78 is 29.1. The van der Waals surface area contributed by atoms with Crippen LogP contribution in [0.1, 0.15) is 51.4 Å². The summed E-state index contributed by atoms with van der Waals surface area (Å²) in [6.07, 6.45) is 14.6. The minimum atomic E-state index is -0.658. The topological polar surface area (TPSA) is 119 Å². The molecule has 2 amide bonds. The maximum atomic E-state index is 13.8. The molecule has 0 bridgehead atoms. The number of carbonyl (C=O) groups excluding carboxylic acids is 1. The Bertz CT molecular complexity index is 1330. The Hall–Kier alpha value is -3.69. The Morgan fingerprint density at radius 1 is 0.972 bits per heavy atom. The largest absolute Gasteiger partial charge is 0.383 e. The number of benzene rings is 1. The van der Waals surface area contributed by atoms with E-state index >= 15 is 0 Å². The number of nitrogens with one attached hydrogen (secondary N) is 1. The van der Waals surface area contributed by atoms with Gasteiger partial charge in [0.2, 0.25) is 0 Å². The summed E-state index contributed by atoms with van der Waals surface area (Å²) in [7, 11) is 1.84. The number of aryl methyl sites for hydroxylation is 1. The number of carbonyl (C=O) groups is 1. The van der Waals surface area contributed by atoms with Crippen LogP contribution in [0.3, 0.4) is 0 Å². The number of fused-ring (bicyclic) bond motifs is 2. The van der Waals surface area contributed by atoms with Gasteiger partial charge in [0.25, 0.3) is 0 Å². The smallest absolute Gasteiger partial charge is 0.314 e. The molecular weight excluding hydrogens is 464 g/mol. The zero-order chi connectivity index (χ0) is 25.7. The quantitative estimate of drug-likeness (QED) is 0.323. The van der Waals surface area contributed by atoms with Crippen molar-refractivity contribution >= 4 is 33.8 Å². The Morgan fingerprint density at radius 2 is 1.61 bits per heavy atom. The van der Waals surface area contributed by atoms with E-state index in [1.807, 2.05) is 23.9 Å². The summed E-state index contributed by atoms with van der Waals surface area (Å²) in [5.41, 5.74) is 12.3. The predicted octanol–water partition coefficient (Wildman–Crippen LogP) is 5.48. The normalized spacial score (nSPS) is 15.4. The molecule has 6 rings (SSSR count). The molecule has 36 heavy (non-hydrogen) atoms. The number of nitrogens with zero attached hydrogens (tertiary/aromatic N) is 4. The van der Waals surface area contributed by atoms with E-state index in [9.17, 15) is 13.6 Å². The first-order valence-corrected chi connectivity index (χ1v) is 12.4. The van der Waals surface area contributed by atoms with Gasteiger partial charge in [-0.1, -0.05) is 38.5 Å². The van der Waals surface area contributed by atoms with Crippen molar-refractivity contribution in [2.24, 2.45) is 12.8 Å². The molecule has 4 heterocycles. The second kappa shape index (κ2) is 11.4. The second-order valence-electron chi connectivity index (χ2n) is 9.26. The number of hydrogen-bond acceptors (Lipinski definition) is 4. The lowest BCUT2D eigenvalue weighted by Crippen LogP contribution is -2.32. The number of urea groups is 1. The van der Waals surface area contributed by atoms with E-state index in [2.05, 4.69) is 15.0 Å². The predicted molar refractivity (Wildman–Crippen MR) is 138 cm³/mol. The second-order valence-corrected chi connectivity index (χ2v) is 9.26. The molecule has 1 saturated heterocycles. The molecule has 10 heteroatoms. The van der Waals surface area contributed by atoms with Crippen molar-refractivity contribution in [1.82, 2.24) is 24.4 Å². The van der Waals surface area contributed by atoms with E-state index in [0.29, 0.717) is 28.2 Å².